The minimum absolute atomic E-state index is 0.00579. The monoisotopic (exact) mass is 467 g/mol. The molecule has 1 aliphatic rings. The number of pyridine rings is 1. The molecule has 1 unspecified atom stereocenters. The largest absolute Gasteiger partial charge is 0.491 e. The van der Waals surface area contributed by atoms with E-state index in [1.165, 1.54) is 0 Å². The van der Waals surface area contributed by atoms with Gasteiger partial charge in [-0.3, -0.25) is 9.78 Å². The van der Waals surface area contributed by atoms with E-state index in [4.69, 9.17) is 9.47 Å². The summed E-state index contributed by atoms with van der Waals surface area (Å²) in [4.78, 5) is 31.1. The molecule has 1 aromatic heterocycles. The first kappa shape index (κ1) is 25.5. The number of nitrogens with one attached hydrogen (secondary N) is 1. The molecule has 0 aliphatic carbocycles. The molecule has 1 aliphatic heterocycles. The first-order chi connectivity index (χ1) is 15.8. The van der Waals surface area contributed by atoms with Crippen LogP contribution >= 0.6 is 0 Å². The second kappa shape index (κ2) is 9.65. The first-order valence-corrected chi connectivity index (χ1v) is 11.8. The summed E-state index contributed by atoms with van der Waals surface area (Å²) >= 11 is 0. The Kier molecular flexibility index (Phi) is 7.24. The van der Waals surface area contributed by atoms with Gasteiger partial charge in [0.15, 0.2) is 0 Å². The molecule has 3 rings (SSSR count). The molecule has 2 aromatic rings. The van der Waals surface area contributed by atoms with Gasteiger partial charge in [-0.05, 0) is 81.8 Å². The Bertz CT molecular complexity index is 1070. The van der Waals surface area contributed by atoms with Crippen molar-refractivity contribution in [2.45, 2.75) is 72.6 Å². The molecular weight excluding hydrogens is 430 g/mol. The van der Waals surface area contributed by atoms with Gasteiger partial charge in [0.2, 0.25) is 0 Å². The van der Waals surface area contributed by atoms with E-state index in [9.17, 15) is 9.59 Å². The van der Waals surface area contributed by atoms with Gasteiger partial charge in [-0.25, -0.2) is 4.79 Å². The minimum atomic E-state index is -0.593. The zero-order valence-corrected chi connectivity index (χ0v) is 21.6. The van der Waals surface area contributed by atoms with Crippen molar-refractivity contribution in [1.82, 2.24) is 15.2 Å². The fourth-order valence-corrected chi connectivity index (χ4v) is 4.40. The number of amides is 2. The highest BCUT2D eigenvalue weighted by molar-refractivity contribution is 6.03. The van der Waals surface area contributed by atoms with E-state index in [0.717, 1.165) is 34.6 Å². The number of aryl methyl sites for hydroxylation is 1. The zero-order chi connectivity index (χ0) is 25.3. The third kappa shape index (κ3) is 6.07. The number of nitrogens with zero attached hydrogens (tertiary/aromatic N) is 2. The summed E-state index contributed by atoms with van der Waals surface area (Å²) in [5.74, 6) is 1.09. The van der Waals surface area contributed by atoms with E-state index in [1.54, 1.807) is 18.1 Å². The average molecular weight is 468 g/mol. The van der Waals surface area contributed by atoms with E-state index < -0.39 is 17.2 Å². The molecule has 0 spiro atoms. The standard InChI is InChI=1S/C27H37N3O4/c1-17(2)14-27(7,29-25(32)34-26(4,5)6)16-33-22-10-9-19(13-18(22)3)20-11-12-28-21-15-30(8)24(31)23(20)21/h9-13,17H,14-16H2,1-8H3,(H,29,32). The number of fused-ring (bicyclic) bond motifs is 1. The molecular formula is C27H37N3O4. The number of rotatable bonds is 7. The average Bonchev–Trinajstić information content (AvgIpc) is 2.98. The van der Waals surface area contributed by atoms with Gasteiger partial charge in [-0.15, -0.1) is 0 Å². The third-order valence-electron chi connectivity index (χ3n) is 5.67. The lowest BCUT2D eigenvalue weighted by Crippen LogP contribution is -2.52. The molecule has 7 heteroatoms. The van der Waals surface area contributed by atoms with Crippen LogP contribution in [0.5, 0.6) is 5.75 Å². The van der Waals surface area contributed by atoms with Gasteiger partial charge in [-0.1, -0.05) is 19.9 Å². The van der Waals surface area contributed by atoms with Crippen molar-refractivity contribution in [3.8, 4) is 16.9 Å². The number of carbonyl (C=O) groups is 2. The Morgan fingerprint density at radius 1 is 1.21 bits per heavy atom. The van der Waals surface area contributed by atoms with Crippen LogP contribution < -0.4 is 10.1 Å². The molecule has 1 atom stereocenters. The Hall–Kier alpha value is -3.09. The van der Waals surface area contributed by atoms with Crippen LogP contribution in [0.3, 0.4) is 0 Å². The quantitative estimate of drug-likeness (QED) is 0.594. The predicted octanol–water partition coefficient (Wildman–Crippen LogP) is 5.35. The van der Waals surface area contributed by atoms with Crippen LogP contribution in [-0.4, -0.2) is 46.7 Å². The summed E-state index contributed by atoms with van der Waals surface area (Å²) in [5.41, 5.74) is 3.09. The summed E-state index contributed by atoms with van der Waals surface area (Å²) in [6.07, 6.45) is 2.04. The number of benzene rings is 1. The normalized spacial score (nSPS) is 15.2. The fourth-order valence-electron chi connectivity index (χ4n) is 4.40. The van der Waals surface area contributed by atoms with E-state index >= 15 is 0 Å². The molecule has 1 N–H and O–H groups in total. The Labute approximate surface area is 202 Å². The third-order valence-corrected chi connectivity index (χ3v) is 5.67. The van der Waals surface area contributed by atoms with Crippen LogP contribution in [0.1, 0.15) is 69.6 Å². The van der Waals surface area contributed by atoms with Crippen molar-refractivity contribution in [2.24, 2.45) is 5.92 Å². The first-order valence-electron chi connectivity index (χ1n) is 11.8. The van der Waals surface area contributed by atoms with Gasteiger partial charge in [0.1, 0.15) is 18.0 Å². The maximum Gasteiger partial charge on any atom is 0.408 e. The van der Waals surface area contributed by atoms with Crippen LogP contribution in [0.15, 0.2) is 30.5 Å². The van der Waals surface area contributed by atoms with Crippen molar-refractivity contribution in [2.75, 3.05) is 13.7 Å². The van der Waals surface area contributed by atoms with E-state index in [1.807, 2.05) is 58.9 Å². The number of hydrogen-bond donors (Lipinski definition) is 1. The van der Waals surface area contributed by atoms with Crippen LogP contribution in [0.2, 0.25) is 0 Å². The second-order valence-corrected chi connectivity index (χ2v) is 10.9. The molecule has 0 fully saturated rings. The lowest BCUT2D eigenvalue weighted by Gasteiger charge is -2.33. The van der Waals surface area contributed by atoms with E-state index in [2.05, 4.69) is 24.1 Å². The molecule has 1 aromatic carbocycles. The summed E-state index contributed by atoms with van der Waals surface area (Å²) < 4.78 is 11.7. The van der Waals surface area contributed by atoms with Gasteiger partial charge in [0.25, 0.3) is 5.91 Å². The second-order valence-electron chi connectivity index (χ2n) is 10.9. The van der Waals surface area contributed by atoms with Gasteiger partial charge >= 0.3 is 6.09 Å². The Morgan fingerprint density at radius 3 is 2.53 bits per heavy atom. The van der Waals surface area contributed by atoms with Crippen LogP contribution in [0.25, 0.3) is 11.1 Å². The maximum absolute atomic E-state index is 12.6. The van der Waals surface area contributed by atoms with Crippen molar-refractivity contribution in [3.63, 3.8) is 0 Å². The van der Waals surface area contributed by atoms with Crippen molar-refractivity contribution in [3.05, 3.63) is 47.3 Å². The summed E-state index contributed by atoms with van der Waals surface area (Å²) in [5, 5.41) is 3.01. The Balaban J connectivity index is 1.78. The fraction of sp³-hybridized carbons (Fsp3) is 0.519. The molecule has 0 saturated carbocycles. The summed E-state index contributed by atoms with van der Waals surface area (Å²) in [6, 6.07) is 7.79. The van der Waals surface area contributed by atoms with Crippen LogP contribution in [0, 0.1) is 12.8 Å². The molecule has 2 heterocycles. The lowest BCUT2D eigenvalue weighted by molar-refractivity contribution is 0.0407. The number of alkyl carbamates (subject to hydrolysis) is 1. The van der Waals surface area contributed by atoms with Gasteiger partial charge < -0.3 is 19.7 Å². The Morgan fingerprint density at radius 2 is 1.91 bits per heavy atom. The predicted molar refractivity (Wildman–Crippen MR) is 133 cm³/mol. The topological polar surface area (TPSA) is 80.8 Å². The van der Waals surface area contributed by atoms with Gasteiger partial charge in [0.05, 0.1) is 23.3 Å². The molecule has 0 bridgehead atoms. The molecule has 7 nitrogen and oxygen atoms in total. The minimum Gasteiger partial charge on any atom is -0.491 e. The van der Waals surface area contributed by atoms with E-state index in [-0.39, 0.29) is 5.91 Å². The number of carbonyl (C=O) groups excluding carboxylic acids is 2. The van der Waals surface area contributed by atoms with Gasteiger partial charge in [0, 0.05) is 13.2 Å². The van der Waals surface area contributed by atoms with Crippen LogP contribution in [0.4, 0.5) is 4.79 Å². The van der Waals surface area contributed by atoms with Gasteiger partial charge in [-0.2, -0.15) is 0 Å². The smallest absolute Gasteiger partial charge is 0.408 e. The number of ether oxygens (including phenoxy) is 2. The van der Waals surface area contributed by atoms with Crippen molar-refractivity contribution in [1.29, 1.82) is 0 Å². The van der Waals surface area contributed by atoms with Crippen LogP contribution in [-0.2, 0) is 11.3 Å². The number of aromatic nitrogens is 1. The number of hydrogen-bond acceptors (Lipinski definition) is 5. The molecule has 0 radical (unpaired) electrons. The lowest BCUT2D eigenvalue weighted by atomic mass is 9.91. The SMILES string of the molecule is Cc1cc(-c2ccnc3c2C(=O)N(C)C3)ccc1OCC(C)(CC(C)C)NC(=O)OC(C)(C)C. The highest BCUT2D eigenvalue weighted by atomic mass is 16.6. The summed E-state index contributed by atoms with van der Waals surface area (Å²) in [6.45, 7) is 14.5. The molecule has 2 amide bonds. The van der Waals surface area contributed by atoms with Crippen molar-refractivity contribution < 1.29 is 19.1 Å². The maximum atomic E-state index is 12.6. The zero-order valence-electron chi connectivity index (χ0n) is 21.6. The summed E-state index contributed by atoms with van der Waals surface area (Å²) in [7, 11) is 1.79. The molecule has 0 saturated heterocycles. The highest BCUT2D eigenvalue weighted by Crippen LogP contribution is 2.33. The highest BCUT2D eigenvalue weighted by Gasteiger charge is 2.32. The van der Waals surface area contributed by atoms with Crippen molar-refractivity contribution >= 4 is 12.0 Å². The molecule has 34 heavy (non-hydrogen) atoms. The van der Waals surface area contributed by atoms with E-state index in [0.29, 0.717) is 24.6 Å². The molecule has 184 valence electrons.